The van der Waals surface area contributed by atoms with Crippen LogP contribution in [0.4, 0.5) is 33.1 Å². The van der Waals surface area contributed by atoms with Gasteiger partial charge in [0.15, 0.2) is 0 Å². The summed E-state index contributed by atoms with van der Waals surface area (Å²) < 4.78 is 14.5. The van der Waals surface area contributed by atoms with Gasteiger partial charge in [0.2, 0.25) is 5.82 Å². The second-order valence-electron chi connectivity index (χ2n) is 5.91. The second kappa shape index (κ2) is 7.33. The van der Waals surface area contributed by atoms with E-state index in [4.69, 9.17) is 0 Å². The van der Waals surface area contributed by atoms with E-state index in [1.807, 2.05) is 4.90 Å². The Kier molecular flexibility index (Phi) is 4.97. The van der Waals surface area contributed by atoms with Crippen LogP contribution in [-0.2, 0) is 0 Å². The van der Waals surface area contributed by atoms with Gasteiger partial charge in [-0.15, -0.1) is 0 Å². The number of rotatable bonds is 5. The van der Waals surface area contributed by atoms with E-state index in [9.17, 15) is 14.5 Å². The molecule has 1 saturated heterocycles. The highest BCUT2D eigenvalue weighted by Gasteiger charge is 2.18. The van der Waals surface area contributed by atoms with Crippen molar-refractivity contribution in [3.8, 4) is 0 Å². The third-order valence-corrected chi connectivity index (χ3v) is 4.23. The van der Waals surface area contributed by atoms with E-state index in [-0.39, 0.29) is 17.3 Å². The van der Waals surface area contributed by atoms with Crippen LogP contribution in [0.2, 0.25) is 0 Å². The summed E-state index contributed by atoms with van der Waals surface area (Å²) in [5.41, 5.74) is 0.818. The van der Waals surface area contributed by atoms with Crippen LogP contribution >= 0.6 is 0 Å². The van der Waals surface area contributed by atoms with Gasteiger partial charge in [-0.2, -0.15) is 0 Å². The summed E-state index contributed by atoms with van der Waals surface area (Å²) in [6.07, 6.45) is 3.30. The van der Waals surface area contributed by atoms with Crippen LogP contribution in [0.1, 0.15) is 19.3 Å². The van der Waals surface area contributed by atoms with E-state index in [0.717, 1.165) is 25.9 Å². The molecule has 0 radical (unpaired) electrons. The van der Waals surface area contributed by atoms with E-state index in [1.165, 1.54) is 24.6 Å². The first-order valence-corrected chi connectivity index (χ1v) is 8.23. The van der Waals surface area contributed by atoms with Crippen molar-refractivity contribution in [1.82, 2.24) is 4.98 Å². The normalized spacial score (nSPS) is 14.2. The molecule has 2 N–H and O–H groups in total. The van der Waals surface area contributed by atoms with Gasteiger partial charge in [-0.25, -0.2) is 9.37 Å². The van der Waals surface area contributed by atoms with Crippen LogP contribution in [0.5, 0.6) is 0 Å². The van der Waals surface area contributed by atoms with Crippen LogP contribution in [0, 0.1) is 15.9 Å². The fourth-order valence-electron chi connectivity index (χ4n) is 2.94. The third kappa shape index (κ3) is 3.78. The summed E-state index contributed by atoms with van der Waals surface area (Å²) in [6.45, 7) is 1.70. The quantitative estimate of drug-likeness (QED) is 0.631. The van der Waals surface area contributed by atoms with Gasteiger partial charge in [-0.1, -0.05) is 0 Å². The van der Waals surface area contributed by atoms with E-state index >= 15 is 0 Å². The molecule has 25 heavy (non-hydrogen) atoms. The van der Waals surface area contributed by atoms with E-state index in [2.05, 4.69) is 15.6 Å². The molecule has 1 aliphatic rings. The van der Waals surface area contributed by atoms with Crippen molar-refractivity contribution in [2.75, 3.05) is 35.7 Å². The first-order chi connectivity index (χ1) is 12.1. The van der Waals surface area contributed by atoms with Crippen molar-refractivity contribution >= 4 is 28.7 Å². The zero-order valence-electron chi connectivity index (χ0n) is 14.0. The highest BCUT2D eigenvalue weighted by atomic mass is 19.1. The monoisotopic (exact) mass is 345 g/mol. The second-order valence-corrected chi connectivity index (χ2v) is 5.91. The molecule has 0 unspecified atom stereocenters. The minimum atomic E-state index is -0.521. The Morgan fingerprint density at radius 3 is 2.60 bits per heavy atom. The van der Waals surface area contributed by atoms with Crippen molar-refractivity contribution in [2.45, 2.75) is 19.3 Å². The molecule has 1 aliphatic heterocycles. The van der Waals surface area contributed by atoms with E-state index in [0.29, 0.717) is 17.2 Å². The van der Waals surface area contributed by atoms with Gasteiger partial charge in [0.1, 0.15) is 11.6 Å². The molecule has 3 rings (SSSR count). The largest absolute Gasteiger partial charge is 0.373 e. The Labute approximate surface area is 145 Å². The molecule has 0 aliphatic carbocycles. The maximum absolute atomic E-state index is 14.5. The maximum atomic E-state index is 14.5. The predicted molar refractivity (Wildman–Crippen MR) is 96.2 cm³/mol. The number of anilines is 4. The number of nitro groups is 1. The fourth-order valence-corrected chi connectivity index (χ4v) is 2.94. The van der Waals surface area contributed by atoms with Gasteiger partial charge in [-0.05, 0) is 43.5 Å². The molecule has 1 aromatic carbocycles. The summed E-state index contributed by atoms with van der Waals surface area (Å²) in [5.74, 6) is 0.208. The molecular weight excluding hydrogens is 325 g/mol. The average molecular weight is 345 g/mol. The minimum absolute atomic E-state index is 0.0713. The fraction of sp³-hybridized carbons (Fsp3) is 0.353. The lowest BCUT2D eigenvalue weighted by Crippen LogP contribution is -2.30. The topological polar surface area (TPSA) is 83.3 Å². The van der Waals surface area contributed by atoms with Crippen molar-refractivity contribution in [3.63, 3.8) is 0 Å². The number of piperidine rings is 1. The molecule has 0 saturated carbocycles. The van der Waals surface area contributed by atoms with Crippen LogP contribution in [0.3, 0.4) is 0 Å². The predicted octanol–water partition coefficient (Wildman–Crippen LogP) is 3.90. The van der Waals surface area contributed by atoms with Gasteiger partial charge >= 0.3 is 5.69 Å². The number of nitrogens with one attached hydrogen (secondary N) is 2. The number of halogens is 1. The van der Waals surface area contributed by atoms with Gasteiger partial charge in [0.25, 0.3) is 0 Å². The molecule has 7 nitrogen and oxygen atoms in total. The smallest absolute Gasteiger partial charge is 0.311 e. The Morgan fingerprint density at radius 2 is 1.96 bits per heavy atom. The molecule has 0 spiro atoms. The van der Waals surface area contributed by atoms with Gasteiger partial charge in [0, 0.05) is 31.9 Å². The number of benzene rings is 1. The molecule has 1 fully saturated rings. The molecule has 1 aromatic heterocycles. The molecule has 132 valence electrons. The highest BCUT2D eigenvalue weighted by molar-refractivity contribution is 5.69. The van der Waals surface area contributed by atoms with Crippen LogP contribution in [-0.4, -0.2) is 30.0 Å². The highest BCUT2D eigenvalue weighted by Crippen LogP contribution is 2.30. The zero-order chi connectivity index (χ0) is 17.8. The van der Waals surface area contributed by atoms with Crippen molar-refractivity contribution in [2.24, 2.45) is 0 Å². The van der Waals surface area contributed by atoms with Crippen molar-refractivity contribution < 1.29 is 9.31 Å². The molecule has 0 bridgehead atoms. The Bertz CT molecular complexity index is 778. The first-order valence-electron chi connectivity index (χ1n) is 8.23. The van der Waals surface area contributed by atoms with Gasteiger partial charge in [0.05, 0.1) is 10.6 Å². The lowest BCUT2D eigenvalue weighted by Gasteiger charge is -2.29. The van der Waals surface area contributed by atoms with Crippen molar-refractivity contribution in [3.05, 3.63) is 46.3 Å². The minimum Gasteiger partial charge on any atom is -0.373 e. The lowest BCUT2D eigenvalue weighted by molar-refractivity contribution is -0.384. The lowest BCUT2D eigenvalue weighted by atomic mass is 10.1. The molecular formula is C17H20FN5O2. The number of pyridine rings is 1. The van der Waals surface area contributed by atoms with Crippen LogP contribution in [0.15, 0.2) is 30.3 Å². The number of nitrogens with zero attached hydrogens (tertiary/aromatic N) is 3. The molecule has 2 aromatic rings. The van der Waals surface area contributed by atoms with Gasteiger partial charge < -0.3 is 15.5 Å². The summed E-state index contributed by atoms with van der Waals surface area (Å²) in [7, 11) is 1.67. The Balaban J connectivity index is 1.86. The van der Waals surface area contributed by atoms with E-state index in [1.54, 1.807) is 19.2 Å². The van der Waals surface area contributed by atoms with Crippen LogP contribution in [0.25, 0.3) is 0 Å². The van der Waals surface area contributed by atoms with Gasteiger partial charge in [-0.3, -0.25) is 10.1 Å². The Hall–Kier alpha value is -2.90. The van der Waals surface area contributed by atoms with E-state index < -0.39 is 4.92 Å². The maximum Gasteiger partial charge on any atom is 0.311 e. The molecule has 8 heteroatoms. The SMILES string of the molecule is CNc1ccc([N+](=O)[O-])c(Nc2ccc(N3CCCCC3)c(F)c2)n1. The Morgan fingerprint density at radius 1 is 1.20 bits per heavy atom. The molecule has 0 atom stereocenters. The molecule has 0 amide bonds. The average Bonchev–Trinajstić information content (AvgIpc) is 2.62. The van der Waals surface area contributed by atoms with Crippen molar-refractivity contribution in [1.29, 1.82) is 0 Å². The summed E-state index contributed by atoms with van der Waals surface area (Å²) in [5, 5.41) is 16.8. The first kappa shape index (κ1) is 16.9. The third-order valence-electron chi connectivity index (χ3n) is 4.23. The number of hydrogen-bond acceptors (Lipinski definition) is 6. The van der Waals surface area contributed by atoms with Crippen LogP contribution < -0.4 is 15.5 Å². The summed E-state index contributed by atoms with van der Waals surface area (Å²) in [4.78, 5) is 16.8. The zero-order valence-corrected chi connectivity index (χ0v) is 14.0. The standard InChI is InChI=1S/C17H20FN5O2/c1-19-16-8-7-15(23(24)25)17(21-16)20-12-5-6-14(13(18)11-12)22-9-3-2-4-10-22/h5-8,11H,2-4,9-10H2,1H3,(H2,19,20,21). The summed E-state index contributed by atoms with van der Waals surface area (Å²) in [6, 6.07) is 7.64. The number of aromatic nitrogens is 1. The molecule has 2 heterocycles. The number of hydrogen-bond donors (Lipinski definition) is 2. The summed E-state index contributed by atoms with van der Waals surface area (Å²) >= 11 is 0.